The Morgan fingerprint density at radius 1 is 1.19 bits per heavy atom. The lowest BCUT2D eigenvalue weighted by atomic mass is 9.67. The normalized spacial score (nSPS) is 27.0. The molecule has 0 bridgehead atoms. The van der Waals surface area contributed by atoms with Gasteiger partial charge in [0.2, 0.25) is 0 Å². The SMILES string of the molecule is COC(=O)[C@]12COc3ccccc3[C@H]1N(C)C[C@H]2c1ccc(C(C)C)cc1. The van der Waals surface area contributed by atoms with Crippen LogP contribution in [0.1, 0.15) is 48.4 Å². The number of benzene rings is 2. The summed E-state index contributed by atoms with van der Waals surface area (Å²) in [5, 5.41) is 0. The smallest absolute Gasteiger partial charge is 0.317 e. The maximum atomic E-state index is 13.2. The number of nitrogens with zero attached hydrogens (tertiary/aromatic N) is 1. The van der Waals surface area contributed by atoms with Gasteiger partial charge < -0.3 is 9.47 Å². The molecule has 0 amide bonds. The van der Waals surface area contributed by atoms with Crippen molar-refractivity contribution in [2.45, 2.75) is 31.7 Å². The molecule has 1 fully saturated rings. The number of ether oxygens (including phenoxy) is 2. The fraction of sp³-hybridized carbons (Fsp3) is 0.435. The maximum absolute atomic E-state index is 13.2. The van der Waals surface area contributed by atoms with Gasteiger partial charge in [0.1, 0.15) is 17.8 Å². The van der Waals surface area contributed by atoms with E-state index in [0.29, 0.717) is 12.5 Å². The Hall–Kier alpha value is -2.33. The zero-order valence-electron chi connectivity index (χ0n) is 16.4. The third-order valence-corrected chi connectivity index (χ3v) is 6.27. The zero-order chi connectivity index (χ0) is 19.2. The Morgan fingerprint density at radius 3 is 2.56 bits per heavy atom. The molecule has 0 aliphatic carbocycles. The van der Waals surface area contributed by atoms with E-state index < -0.39 is 5.41 Å². The van der Waals surface area contributed by atoms with E-state index in [1.165, 1.54) is 18.2 Å². The molecule has 142 valence electrons. The summed E-state index contributed by atoms with van der Waals surface area (Å²) in [4.78, 5) is 15.4. The number of likely N-dealkylation sites (tertiary alicyclic amines) is 1. The molecule has 4 heteroatoms. The van der Waals surface area contributed by atoms with Crippen molar-refractivity contribution < 1.29 is 14.3 Å². The lowest BCUT2D eigenvalue weighted by Gasteiger charge is -2.42. The van der Waals surface area contributed by atoms with Crippen molar-refractivity contribution in [3.05, 3.63) is 65.2 Å². The molecule has 4 rings (SSSR count). The molecule has 0 spiro atoms. The Morgan fingerprint density at radius 2 is 1.89 bits per heavy atom. The van der Waals surface area contributed by atoms with Crippen molar-refractivity contribution in [2.24, 2.45) is 5.41 Å². The van der Waals surface area contributed by atoms with E-state index in [-0.39, 0.29) is 17.9 Å². The van der Waals surface area contributed by atoms with Gasteiger partial charge >= 0.3 is 5.97 Å². The first-order valence-corrected chi connectivity index (χ1v) is 9.59. The molecular weight excluding hydrogens is 338 g/mol. The summed E-state index contributed by atoms with van der Waals surface area (Å²) in [5.41, 5.74) is 2.80. The molecule has 2 aliphatic rings. The van der Waals surface area contributed by atoms with Crippen LogP contribution >= 0.6 is 0 Å². The topological polar surface area (TPSA) is 38.8 Å². The summed E-state index contributed by atoms with van der Waals surface area (Å²) in [6.45, 7) is 5.51. The van der Waals surface area contributed by atoms with E-state index in [2.05, 4.69) is 56.1 Å². The molecule has 27 heavy (non-hydrogen) atoms. The van der Waals surface area contributed by atoms with Crippen LogP contribution in [0.2, 0.25) is 0 Å². The predicted octanol–water partition coefficient (Wildman–Crippen LogP) is 4.13. The summed E-state index contributed by atoms with van der Waals surface area (Å²) >= 11 is 0. The third-order valence-electron chi connectivity index (χ3n) is 6.27. The summed E-state index contributed by atoms with van der Waals surface area (Å²) < 4.78 is 11.4. The van der Waals surface area contributed by atoms with E-state index in [4.69, 9.17) is 9.47 Å². The Balaban J connectivity index is 1.83. The van der Waals surface area contributed by atoms with Crippen LogP contribution in [0, 0.1) is 5.41 Å². The number of likely N-dealkylation sites (N-methyl/N-ethyl adjacent to an activating group) is 1. The molecule has 0 unspecified atom stereocenters. The fourth-order valence-electron chi connectivity index (χ4n) is 4.89. The first-order valence-electron chi connectivity index (χ1n) is 9.59. The van der Waals surface area contributed by atoms with Gasteiger partial charge in [-0.15, -0.1) is 0 Å². The van der Waals surface area contributed by atoms with Crippen LogP contribution in [0.25, 0.3) is 0 Å². The van der Waals surface area contributed by atoms with E-state index in [1.54, 1.807) is 0 Å². The second-order valence-corrected chi connectivity index (χ2v) is 8.07. The van der Waals surface area contributed by atoms with Crippen molar-refractivity contribution in [3.8, 4) is 5.75 Å². The molecule has 0 radical (unpaired) electrons. The van der Waals surface area contributed by atoms with Crippen molar-refractivity contribution in [1.82, 2.24) is 4.90 Å². The number of para-hydroxylation sites is 1. The molecule has 2 aromatic carbocycles. The summed E-state index contributed by atoms with van der Waals surface area (Å²) in [6.07, 6.45) is 0. The minimum atomic E-state index is -0.739. The molecule has 2 heterocycles. The van der Waals surface area contributed by atoms with Gasteiger partial charge in [0, 0.05) is 18.0 Å². The average molecular weight is 365 g/mol. The summed E-state index contributed by atoms with van der Waals surface area (Å²) in [7, 11) is 3.57. The van der Waals surface area contributed by atoms with E-state index in [1.807, 2.05) is 18.2 Å². The molecule has 0 N–H and O–H groups in total. The van der Waals surface area contributed by atoms with Gasteiger partial charge in [0.25, 0.3) is 0 Å². The van der Waals surface area contributed by atoms with Gasteiger partial charge in [-0.2, -0.15) is 0 Å². The zero-order valence-corrected chi connectivity index (χ0v) is 16.4. The number of hydrogen-bond acceptors (Lipinski definition) is 4. The number of carbonyl (C=O) groups excluding carboxylic acids is 1. The molecule has 2 aliphatic heterocycles. The van der Waals surface area contributed by atoms with Crippen LogP contribution in [0.15, 0.2) is 48.5 Å². The Labute approximate surface area is 161 Å². The van der Waals surface area contributed by atoms with Crippen LogP contribution < -0.4 is 4.74 Å². The number of methoxy groups -OCH3 is 1. The van der Waals surface area contributed by atoms with E-state index in [0.717, 1.165) is 17.9 Å². The lowest BCUT2D eigenvalue weighted by Crippen LogP contribution is -2.48. The quantitative estimate of drug-likeness (QED) is 0.767. The van der Waals surface area contributed by atoms with E-state index in [9.17, 15) is 4.79 Å². The minimum absolute atomic E-state index is 0.0227. The average Bonchev–Trinajstić information content (AvgIpc) is 3.01. The highest BCUT2D eigenvalue weighted by Gasteiger charge is 2.62. The highest BCUT2D eigenvalue weighted by Crippen LogP contribution is 2.58. The lowest BCUT2D eigenvalue weighted by molar-refractivity contribution is -0.159. The highest BCUT2D eigenvalue weighted by atomic mass is 16.5. The van der Waals surface area contributed by atoms with Crippen molar-refractivity contribution in [1.29, 1.82) is 0 Å². The predicted molar refractivity (Wildman–Crippen MR) is 105 cm³/mol. The van der Waals surface area contributed by atoms with E-state index >= 15 is 0 Å². The van der Waals surface area contributed by atoms with Crippen LogP contribution in [0.4, 0.5) is 0 Å². The highest BCUT2D eigenvalue weighted by molar-refractivity contribution is 5.81. The Kier molecular flexibility index (Phi) is 4.47. The van der Waals surface area contributed by atoms with Gasteiger partial charge in [-0.05, 0) is 30.2 Å². The van der Waals surface area contributed by atoms with Crippen LogP contribution in [-0.4, -0.2) is 38.2 Å². The largest absolute Gasteiger partial charge is 0.492 e. The summed E-state index contributed by atoms with van der Waals surface area (Å²) in [5.74, 6) is 1.18. The fourth-order valence-corrected chi connectivity index (χ4v) is 4.89. The second kappa shape index (κ2) is 6.68. The van der Waals surface area contributed by atoms with Crippen molar-refractivity contribution >= 4 is 5.97 Å². The maximum Gasteiger partial charge on any atom is 0.317 e. The second-order valence-electron chi connectivity index (χ2n) is 8.07. The standard InChI is InChI=1S/C23H27NO3/c1-15(2)16-9-11-17(12-10-16)19-13-24(3)21-18-7-5-6-8-20(18)27-14-23(19,21)22(25)26-4/h5-12,15,19,21H,13-14H2,1-4H3/t19-,21+,23-/m0/s1. The number of esters is 1. The number of rotatable bonds is 3. The molecular formula is C23H27NO3. The third kappa shape index (κ3) is 2.66. The number of hydrogen-bond donors (Lipinski definition) is 0. The molecule has 4 nitrogen and oxygen atoms in total. The van der Waals surface area contributed by atoms with Gasteiger partial charge in [0.05, 0.1) is 13.2 Å². The van der Waals surface area contributed by atoms with Crippen LogP contribution in [0.5, 0.6) is 5.75 Å². The summed E-state index contributed by atoms with van der Waals surface area (Å²) in [6, 6.07) is 16.7. The van der Waals surface area contributed by atoms with Gasteiger partial charge in [-0.25, -0.2) is 0 Å². The molecule has 0 saturated carbocycles. The van der Waals surface area contributed by atoms with Crippen LogP contribution in [0.3, 0.4) is 0 Å². The first-order chi connectivity index (χ1) is 13.0. The van der Waals surface area contributed by atoms with Gasteiger partial charge in [-0.1, -0.05) is 56.3 Å². The number of carbonyl (C=O) groups is 1. The van der Waals surface area contributed by atoms with Crippen molar-refractivity contribution in [3.63, 3.8) is 0 Å². The molecule has 3 atom stereocenters. The van der Waals surface area contributed by atoms with Crippen molar-refractivity contribution in [2.75, 3.05) is 27.3 Å². The minimum Gasteiger partial charge on any atom is -0.492 e. The van der Waals surface area contributed by atoms with Gasteiger partial charge in [0.15, 0.2) is 0 Å². The number of fused-ring (bicyclic) bond motifs is 3. The molecule has 1 saturated heterocycles. The van der Waals surface area contributed by atoms with Crippen LogP contribution in [-0.2, 0) is 9.53 Å². The van der Waals surface area contributed by atoms with Gasteiger partial charge in [-0.3, -0.25) is 9.69 Å². The monoisotopic (exact) mass is 365 g/mol. The first kappa shape index (κ1) is 18.1. The molecule has 0 aromatic heterocycles. The Bertz CT molecular complexity index is 845. The molecule has 2 aromatic rings.